The van der Waals surface area contributed by atoms with Gasteiger partial charge in [0, 0.05) is 39.3 Å². The standard InChI is InChI=1S/C20H12ClF3N4/c21-12-7-14-13-4-5-25-10-18(13)27(11-20(22,23)24)19(14)15(8-12)16-9-26-28-6-2-1-3-17(16)28/h1-10H,11H2. The van der Waals surface area contributed by atoms with Gasteiger partial charge in [0.15, 0.2) is 0 Å². The van der Waals surface area contributed by atoms with Crippen LogP contribution < -0.4 is 0 Å². The maximum atomic E-state index is 13.4. The summed E-state index contributed by atoms with van der Waals surface area (Å²) in [5.74, 6) is 0. The number of nitrogens with zero attached hydrogens (tertiary/aromatic N) is 4. The summed E-state index contributed by atoms with van der Waals surface area (Å²) in [6.07, 6.45) is 2.07. The van der Waals surface area contributed by atoms with Crippen LogP contribution in [-0.2, 0) is 6.54 Å². The van der Waals surface area contributed by atoms with Crippen molar-refractivity contribution in [1.29, 1.82) is 0 Å². The molecule has 8 heteroatoms. The van der Waals surface area contributed by atoms with Crippen LogP contribution in [-0.4, -0.2) is 25.3 Å². The second-order valence-electron chi connectivity index (χ2n) is 6.53. The van der Waals surface area contributed by atoms with Crippen LogP contribution in [0.3, 0.4) is 0 Å². The van der Waals surface area contributed by atoms with E-state index in [0.717, 1.165) is 5.52 Å². The number of hydrogen-bond acceptors (Lipinski definition) is 2. The van der Waals surface area contributed by atoms with Gasteiger partial charge >= 0.3 is 6.18 Å². The van der Waals surface area contributed by atoms with Crippen LogP contribution in [0.4, 0.5) is 13.2 Å². The first-order chi connectivity index (χ1) is 13.4. The number of benzene rings is 1. The molecule has 0 saturated heterocycles. The highest BCUT2D eigenvalue weighted by molar-refractivity contribution is 6.33. The van der Waals surface area contributed by atoms with E-state index in [9.17, 15) is 13.2 Å². The third kappa shape index (κ3) is 2.62. The molecule has 140 valence electrons. The predicted octanol–water partition coefficient (Wildman–Crippen LogP) is 5.72. The van der Waals surface area contributed by atoms with Gasteiger partial charge in [0.25, 0.3) is 0 Å². The van der Waals surface area contributed by atoms with Crippen LogP contribution in [0, 0.1) is 0 Å². The first-order valence-electron chi connectivity index (χ1n) is 8.47. The van der Waals surface area contributed by atoms with Gasteiger partial charge in [-0.3, -0.25) is 4.98 Å². The quantitative estimate of drug-likeness (QED) is 0.380. The summed E-state index contributed by atoms with van der Waals surface area (Å²) >= 11 is 6.36. The lowest BCUT2D eigenvalue weighted by Gasteiger charge is -2.13. The number of halogens is 4. The Morgan fingerprint density at radius 3 is 2.64 bits per heavy atom. The maximum absolute atomic E-state index is 13.4. The van der Waals surface area contributed by atoms with Crippen molar-refractivity contribution in [2.24, 2.45) is 0 Å². The van der Waals surface area contributed by atoms with E-state index >= 15 is 0 Å². The molecule has 0 aliphatic rings. The first-order valence-corrected chi connectivity index (χ1v) is 8.85. The van der Waals surface area contributed by atoms with Gasteiger partial charge in [0.05, 0.1) is 28.9 Å². The van der Waals surface area contributed by atoms with Crippen molar-refractivity contribution in [3.63, 3.8) is 0 Å². The monoisotopic (exact) mass is 400 g/mol. The minimum atomic E-state index is -4.38. The van der Waals surface area contributed by atoms with Gasteiger partial charge in [-0.15, -0.1) is 0 Å². The highest BCUT2D eigenvalue weighted by atomic mass is 35.5. The average Bonchev–Trinajstić information content (AvgIpc) is 3.21. The Kier molecular flexibility index (Phi) is 3.64. The first kappa shape index (κ1) is 17.1. The summed E-state index contributed by atoms with van der Waals surface area (Å²) < 4.78 is 43.1. The van der Waals surface area contributed by atoms with E-state index in [1.165, 1.54) is 10.8 Å². The van der Waals surface area contributed by atoms with Crippen LogP contribution in [0.2, 0.25) is 5.02 Å². The Morgan fingerprint density at radius 2 is 1.82 bits per heavy atom. The van der Waals surface area contributed by atoms with E-state index in [1.807, 2.05) is 18.2 Å². The van der Waals surface area contributed by atoms with E-state index < -0.39 is 12.7 Å². The Hall–Kier alpha value is -3.06. The van der Waals surface area contributed by atoms with Crippen molar-refractivity contribution < 1.29 is 13.2 Å². The lowest BCUT2D eigenvalue weighted by molar-refractivity contribution is -0.139. The van der Waals surface area contributed by atoms with E-state index in [2.05, 4.69) is 10.1 Å². The van der Waals surface area contributed by atoms with Gasteiger partial charge in [0.2, 0.25) is 0 Å². The SMILES string of the molecule is FC(F)(F)Cn1c2cnccc2c2cc(Cl)cc(-c3cnn4ccccc34)c21. The summed E-state index contributed by atoms with van der Waals surface area (Å²) in [4.78, 5) is 4.03. The fraction of sp³-hybridized carbons (Fsp3) is 0.100. The second-order valence-corrected chi connectivity index (χ2v) is 6.97. The molecule has 4 heterocycles. The normalized spacial score (nSPS) is 12.4. The maximum Gasteiger partial charge on any atom is 0.406 e. The number of aromatic nitrogens is 4. The molecule has 0 N–H and O–H groups in total. The molecular formula is C20H12ClF3N4. The minimum Gasteiger partial charge on any atom is -0.329 e. The van der Waals surface area contributed by atoms with Gasteiger partial charge in [0.1, 0.15) is 6.54 Å². The summed E-state index contributed by atoms with van der Waals surface area (Å²) in [5, 5.41) is 6.09. The third-order valence-corrected chi connectivity index (χ3v) is 5.00. The van der Waals surface area contributed by atoms with E-state index in [0.29, 0.717) is 38.0 Å². The lowest BCUT2D eigenvalue weighted by Crippen LogP contribution is -2.17. The molecule has 0 fully saturated rings. The molecule has 0 bridgehead atoms. The van der Waals surface area contributed by atoms with Crippen molar-refractivity contribution in [3.05, 3.63) is 66.2 Å². The molecule has 0 aliphatic heterocycles. The average molecular weight is 401 g/mol. The molecule has 0 aliphatic carbocycles. The predicted molar refractivity (Wildman–Crippen MR) is 102 cm³/mol. The van der Waals surface area contributed by atoms with E-state index in [-0.39, 0.29) is 0 Å². The second kappa shape index (κ2) is 5.97. The van der Waals surface area contributed by atoms with Crippen molar-refractivity contribution in [3.8, 4) is 11.1 Å². The summed E-state index contributed by atoms with van der Waals surface area (Å²) in [6.45, 7) is -1.12. The Labute approximate surface area is 161 Å². The zero-order valence-corrected chi connectivity index (χ0v) is 15.0. The van der Waals surface area contributed by atoms with Crippen LogP contribution in [0.5, 0.6) is 0 Å². The number of rotatable bonds is 2. The van der Waals surface area contributed by atoms with Gasteiger partial charge in [-0.1, -0.05) is 17.7 Å². The fourth-order valence-electron chi connectivity index (χ4n) is 3.74. The van der Waals surface area contributed by atoms with E-state index in [4.69, 9.17) is 11.6 Å². The van der Waals surface area contributed by atoms with Crippen molar-refractivity contribution in [1.82, 2.24) is 19.2 Å². The molecule has 4 aromatic heterocycles. The Morgan fingerprint density at radius 1 is 0.964 bits per heavy atom. The molecule has 0 radical (unpaired) electrons. The molecule has 0 unspecified atom stereocenters. The number of alkyl halides is 3. The highest BCUT2D eigenvalue weighted by Crippen LogP contribution is 2.40. The highest BCUT2D eigenvalue weighted by Gasteiger charge is 2.31. The molecule has 0 saturated carbocycles. The smallest absolute Gasteiger partial charge is 0.329 e. The zero-order chi connectivity index (χ0) is 19.5. The summed E-state index contributed by atoms with van der Waals surface area (Å²) in [7, 11) is 0. The van der Waals surface area contributed by atoms with Crippen molar-refractivity contribution in [2.45, 2.75) is 12.7 Å². The minimum absolute atomic E-state index is 0.412. The van der Waals surface area contributed by atoms with Gasteiger partial charge in [-0.25, -0.2) is 4.52 Å². The molecule has 0 spiro atoms. The van der Waals surface area contributed by atoms with Gasteiger partial charge < -0.3 is 4.57 Å². The van der Waals surface area contributed by atoms with Crippen LogP contribution in [0.1, 0.15) is 0 Å². The summed E-state index contributed by atoms with van der Waals surface area (Å²) in [5.41, 5.74) is 2.97. The largest absolute Gasteiger partial charge is 0.406 e. The number of fused-ring (bicyclic) bond motifs is 4. The fourth-order valence-corrected chi connectivity index (χ4v) is 3.95. The zero-order valence-electron chi connectivity index (χ0n) is 14.3. The third-order valence-electron chi connectivity index (χ3n) is 4.78. The van der Waals surface area contributed by atoms with Crippen molar-refractivity contribution >= 4 is 38.9 Å². The molecule has 0 atom stereocenters. The Balaban J connectivity index is 1.95. The Bertz CT molecular complexity index is 1350. The number of hydrogen-bond donors (Lipinski definition) is 0. The van der Waals surface area contributed by atoms with Crippen molar-refractivity contribution in [2.75, 3.05) is 0 Å². The van der Waals surface area contributed by atoms with Gasteiger partial charge in [-0.05, 0) is 30.3 Å². The molecule has 0 amide bonds. The topological polar surface area (TPSA) is 35.1 Å². The lowest BCUT2D eigenvalue weighted by atomic mass is 10.0. The van der Waals surface area contributed by atoms with Gasteiger partial charge in [-0.2, -0.15) is 18.3 Å². The molecular weight excluding hydrogens is 389 g/mol. The van der Waals surface area contributed by atoms with Crippen LogP contribution in [0.25, 0.3) is 38.4 Å². The van der Waals surface area contributed by atoms with Crippen LogP contribution >= 0.6 is 11.6 Å². The molecule has 4 nitrogen and oxygen atoms in total. The molecule has 5 rings (SSSR count). The summed E-state index contributed by atoms with van der Waals surface area (Å²) in [6, 6.07) is 10.7. The molecule has 1 aromatic carbocycles. The molecule has 5 aromatic rings. The number of pyridine rings is 2. The van der Waals surface area contributed by atoms with Crippen LogP contribution in [0.15, 0.2) is 61.2 Å². The molecule has 28 heavy (non-hydrogen) atoms. The van der Waals surface area contributed by atoms with E-state index in [1.54, 1.807) is 41.3 Å².